The molecule has 6 heteroatoms. The zero-order valence-electron chi connectivity index (χ0n) is 5.85. The molecule has 0 rings (SSSR count). The highest BCUT2D eigenvalue weighted by molar-refractivity contribution is 5.98. The van der Waals surface area contributed by atoms with Crippen LogP contribution in [0.4, 0.5) is 13.2 Å². The lowest BCUT2D eigenvalue weighted by molar-refractivity contribution is -0.174. The Kier molecular flexibility index (Phi) is 3.72. The molecular formula is C6H5F3O3. The number of alkyl halides is 3. The summed E-state index contributed by atoms with van der Waals surface area (Å²) < 4.78 is 38.3. The number of hydrogen-bond donors (Lipinski definition) is 0. The van der Waals surface area contributed by atoms with Gasteiger partial charge in [-0.3, -0.25) is 9.59 Å². The quantitative estimate of drug-likeness (QED) is 0.478. The predicted molar refractivity (Wildman–Crippen MR) is 30.9 cm³/mol. The first-order chi connectivity index (χ1) is 5.38. The molecule has 2 radical (unpaired) electrons. The largest absolute Gasteiger partial charge is 0.465 e. The highest BCUT2D eigenvalue weighted by Gasteiger charge is 2.39. The maximum Gasteiger partial charge on any atom is 0.450 e. The lowest BCUT2D eigenvalue weighted by Gasteiger charge is -2.03. The fraction of sp³-hybridized carbons (Fsp3) is 0.500. The highest BCUT2D eigenvalue weighted by Crippen LogP contribution is 2.17. The molecule has 0 saturated heterocycles. The number of ketones is 1. The Morgan fingerprint density at radius 3 is 2.17 bits per heavy atom. The molecule has 0 bridgehead atoms. The van der Waals surface area contributed by atoms with Crippen LogP contribution in [0.1, 0.15) is 6.42 Å². The van der Waals surface area contributed by atoms with E-state index in [-0.39, 0.29) is 0 Å². The molecule has 0 saturated carbocycles. The third-order valence-electron chi connectivity index (χ3n) is 0.865. The zero-order chi connectivity index (χ0) is 9.78. The molecule has 0 aromatic carbocycles. The summed E-state index contributed by atoms with van der Waals surface area (Å²) in [5, 5.41) is 0. The van der Waals surface area contributed by atoms with E-state index in [0.29, 0.717) is 0 Å². The summed E-state index contributed by atoms with van der Waals surface area (Å²) in [6.07, 6.45) is -6.31. The molecule has 0 fully saturated rings. The lowest BCUT2D eigenvalue weighted by atomic mass is 10.3. The molecule has 0 atom stereocenters. The van der Waals surface area contributed by atoms with E-state index in [9.17, 15) is 22.8 Å². The van der Waals surface area contributed by atoms with E-state index in [1.807, 2.05) is 0 Å². The highest BCUT2D eigenvalue weighted by atomic mass is 19.4. The van der Waals surface area contributed by atoms with Crippen molar-refractivity contribution in [3.05, 3.63) is 6.92 Å². The molecule has 12 heavy (non-hydrogen) atoms. The van der Waals surface area contributed by atoms with Gasteiger partial charge in [0.25, 0.3) is 0 Å². The molecule has 0 aromatic rings. The van der Waals surface area contributed by atoms with Crippen LogP contribution >= 0.6 is 0 Å². The van der Waals surface area contributed by atoms with Crippen molar-refractivity contribution in [3.8, 4) is 0 Å². The Labute approximate surface area is 66.5 Å². The minimum atomic E-state index is -4.99. The van der Waals surface area contributed by atoms with Crippen LogP contribution in [0.5, 0.6) is 0 Å². The van der Waals surface area contributed by atoms with E-state index < -0.39 is 31.0 Å². The Morgan fingerprint density at radius 2 is 1.83 bits per heavy atom. The normalized spacial score (nSPS) is 11.0. The monoisotopic (exact) mass is 182 g/mol. The number of carbonyl (C=O) groups excluding carboxylic acids is 2. The van der Waals surface area contributed by atoms with Crippen molar-refractivity contribution in [3.63, 3.8) is 0 Å². The van der Waals surface area contributed by atoms with E-state index in [4.69, 9.17) is 0 Å². The van der Waals surface area contributed by atoms with E-state index in [1.54, 1.807) is 0 Å². The predicted octanol–water partition coefficient (Wildman–Crippen LogP) is 0.762. The second kappa shape index (κ2) is 4.08. The van der Waals surface area contributed by atoms with Crippen LogP contribution in [0.15, 0.2) is 0 Å². The Morgan fingerprint density at radius 1 is 1.33 bits per heavy atom. The number of esters is 1. The molecule has 0 amide bonds. The SMILES string of the molecule is [CH]COC(=O)CC(=O)C(F)(F)F. The van der Waals surface area contributed by atoms with Crippen LogP contribution in [0, 0.1) is 6.92 Å². The number of halogens is 3. The summed E-state index contributed by atoms with van der Waals surface area (Å²) in [5.74, 6) is -3.42. The number of rotatable bonds is 3. The van der Waals surface area contributed by atoms with Crippen LogP contribution in [0.2, 0.25) is 0 Å². The third kappa shape index (κ3) is 3.95. The van der Waals surface area contributed by atoms with E-state index in [1.165, 1.54) is 0 Å². The van der Waals surface area contributed by atoms with Gasteiger partial charge in [0.15, 0.2) is 0 Å². The van der Waals surface area contributed by atoms with Crippen LogP contribution in [0.3, 0.4) is 0 Å². The van der Waals surface area contributed by atoms with E-state index >= 15 is 0 Å². The smallest absolute Gasteiger partial charge is 0.450 e. The minimum Gasteiger partial charge on any atom is -0.465 e. The molecular weight excluding hydrogens is 177 g/mol. The minimum absolute atomic E-state index is 0.538. The fourth-order valence-corrected chi connectivity index (χ4v) is 0.375. The first kappa shape index (κ1) is 10.9. The van der Waals surface area contributed by atoms with Gasteiger partial charge in [-0.05, 0) is 0 Å². The van der Waals surface area contributed by atoms with Gasteiger partial charge in [-0.2, -0.15) is 13.2 Å². The summed E-state index contributed by atoms with van der Waals surface area (Å²) in [7, 11) is 0. The average molecular weight is 182 g/mol. The summed E-state index contributed by atoms with van der Waals surface area (Å²) in [6.45, 7) is 4.14. The molecule has 0 aromatic heterocycles. The fourth-order valence-electron chi connectivity index (χ4n) is 0.375. The maximum absolute atomic E-state index is 11.5. The Balaban J connectivity index is 3.94. The molecule has 0 aliphatic heterocycles. The summed E-state index contributed by atoms with van der Waals surface area (Å²) in [6, 6.07) is 0. The molecule has 0 unspecified atom stereocenters. The summed E-state index contributed by atoms with van der Waals surface area (Å²) in [5.41, 5.74) is 0. The van der Waals surface area contributed by atoms with Crippen molar-refractivity contribution >= 4 is 11.8 Å². The standard InChI is InChI=1S/C6H5F3O3/c1-2-12-5(11)3-4(10)6(7,8)9/h1H,2-3H2. The Hall–Kier alpha value is -1.07. The molecule has 0 aliphatic rings. The second-order valence-corrected chi connectivity index (χ2v) is 1.78. The third-order valence-corrected chi connectivity index (χ3v) is 0.865. The van der Waals surface area contributed by atoms with Gasteiger partial charge in [-0.1, -0.05) is 0 Å². The summed E-state index contributed by atoms with van der Waals surface area (Å²) in [4.78, 5) is 20.4. The van der Waals surface area contributed by atoms with Gasteiger partial charge in [0, 0.05) is 6.92 Å². The van der Waals surface area contributed by atoms with Gasteiger partial charge in [0.05, 0.1) is 6.61 Å². The van der Waals surface area contributed by atoms with Crippen molar-refractivity contribution in [2.24, 2.45) is 0 Å². The van der Waals surface area contributed by atoms with Gasteiger partial charge >= 0.3 is 12.1 Å². The Bertz CT molecular complexity index is 185. The van der Waals surface area contributed by atoms with Gasteiger partial charge in [0.2, 0.25) is 5.78 Å². The second-order valence-electron chi connectivity index (χ2n) is 1.78. The van der Waals surface area contributed by atoms with Crippen molar-refractivity contribution in [2.45, 2.75) is 12.6 Å². The van der Waals surface area contributed by atoms with Crippen molar-refractivity contribution < 1.29 is 27.5 Å². The topological polar surface area (TPSA) is 43.4 Å². The molecule has 0 aliphatic carbocycles. The number of Topliss-reactive ketones (excluding diaryl/α,β-unsaturated/α-hetero) is 1. The molecule has 3 nitrogen and oxygen atoms in total. The van der Waals surface area contributed by atoms with E-state index in [0.717, 1.165) is 0 Å². The van der Waals surface area contributed by atoms with Crippen LogP contribution in [-0.4, -0.2) is 24.5 Å². The van der Waals surface area contributed by atoms with Crippen LogP contribution < -0.4 is 0 Å². The lowest BCUT2D eigenvalue weighted by Crippen LogP contribution is -2.26. The average Bonchev–Trinajstić information content (AvgIpc) is 1.85. The van der Waals surface area contributed by atoms with Crippen LogP contribution in [0.25, 0.3) is 0 Å². The van der Waals surface area contributed by atoms with Crippen molar-refractivity contribution in [1.29, 1.82) is 0 Å². The van der Waals surface area contributed by atoms with Crippen LogP contribution in [-0.2, 0) is 14.3 Å². The first-order valence-electron chi connectivity index (χ1n) is 2.83. The summed E-state index contributed by atoms with van der Waals surface area (Å²) >= 11 is 0. The van der Waals surface area contributed by atoms with Crippen molar-refractivity contribution in [1.82, 2.24) is 0 Å². The van der Waals surface area contributed by atoms with Crippen molar-refractivity contribution in [2.75, 3.05) is 6.61 Å². The van der Waals surface area contributed by atoms with Gasteiger partial charge in [-0.15, -0.1) is 0 Å². The molecule has 0 N–H and O–H groups in total. The number of carbonyl (C=O) groups is 2. The molecule has 0 heterocycles. The molecule has 0 spiro atoms. The van der Waals surface area contributed by atoms with Gasteiger partial charge in [-0.25, -0.2) is 0 Å². The van der Waals surface area contributed by atoms with Gasteiger partial charge in [0.1, 0.15) is 6.42 Å². The van der Waals surface area contributed by atoms with Gasteiger partial charge < -0.3 is 4.74 Å². The number of ether oxygens (including phenoxy) is 1. The first-order valence-corrected chi connectivity index (χ1v) is 2.83. The maximum atomic E-state index is 11.5. The number of hydrogen-bond acceptors (Lipinski definition) is 3. The van der Waals surface area contributed by atoms with E-state index in [2.05, 4.69) is 11.7 Å². The molecule has 68 valence electrons. The zero-order valence-corrected chi connectivity index (χ0v) is 5.85.